The van der Waals surface area contributed by atoms with E-state index in [-0.39, 0.29) is 11.9 Å². The van der Waals surface area contributed by atoms with Crippen molar-refractivity contribution in [2.45, 2.75) is 12.1 Å². The summed E-state index contributed by atoms with van der Waals surface area (Å²) in [5.41, 5.74) is 2.74. The standard InChI is InChI=1S/C18H20N2O3/c1-19(2)13-6-4-12(5-7-13)16-17(21)18(22)20(16)14-8-10-15(23-3)11-9-14/h4-11,16-17,21H,1-3H3/t16-,17+/m1/s1. The molecule has 2 aromatic rings. The van der Waals surface area contributed by atoms with Crippen LogP contribution in [-0.2, 0) is 4.79 Å². The first-order chi connectivity index (χ1) is 11.0. The van der Waals surface area contributed by atoms with Crippen molar-refractivity contribution in [3.05, 3.63) is 54.1 Å². The number of hydrogen-bond acceptors (Lipinski definition) is 4. The minimum absolute atomic E-state index is 0.281. The normalized spacial score (nSPS) is 20.2. The first kappa shape index (κ1) is 15.4. The van der Waals surface area contributed by atoms with Gasteiger partial charge >= 0.3 is 0 Å². The molecular formula is C18H20N2O3. The maximum Gasteiger partial charge on any atom is 0.259 e. The molecule has 5 nitrogen and oxygen atoms in total. The van der Waals surface area contributed by atoms with Crippen LogP contribution in [0.25, 0.3) is 0 Å². The molecule has 0 aliphatic carbocycles. The fraction of sp³-hybridized carbons (Fsp3) is 0.278. The highest BCUT2D eigenvalue weighted by Gasteiger charge is 2.47. The Bertz CT molecular complexity index is 695. The van der Waals surface area contributed by atoms with Gasteiger partial charge in [-0.1, -0.05) is 12.1 Å². The average molecular weight is 312 g/mol. The number of anilines is 2. The number of β-lactam (4-membered cyclic amide) rings is 1. The summed E-state index contributed by atoms with van der Waals surface area (Å²) in [5.74, 6) is 0.450. The van der Waals surface area contributed by atoms with Crippen molar-refractivity contribution < 1.29 is 14.6 Å². The van der Waals surface area contributed by atoms with E-state index in [9.17, 15) is 9.90 Å². The molecule has 1 amide bonds. The number of aliphatic hydroxyl groups is 1. The molecule has 0 unspecified atom stereocenters. The maximum atomic E-state index is 12.1. The van der Waals surface area contributed by atoms with Crippen LogP contribution in [0.4, 0.5) is 11.4 Å². The Morgan fingerprint density at radius 3 is 2.17 bits per heavy atom. The van der Waals surface area contributed by atoms with Gasteiger partial charge in [0.05, 0.1) is 13.2 Å². The molecule has 0 bridgehead atoms. The SMILES string of the molecule is COc1ccc(N2C(=O)[C@@H](O)[C@H]2c2ccc(N(C)C)cc2)cc1. The van der Waals surface area contributed by atoms with Gasteiger partial charge in [-0.15, -0.1) is 0 Å². The third-order valence-electron chi connectivity index (χ3n) is 4.17. The molecule has 2 aromatic carbocycles. The van der Waals surface area contributed by atoms with E-state index in [0.29, 0.717) is 0 Å². The fourth-order valence-corrected chi connectivity index (χ4v) is 2.81. The zero-order chi connectivity index (χ0) is 16.6. The van der Waals surface area contributed by atoms with Gasteiger partial charge in [0.25, 0.3) is 5.91 Å². The summed E-state index contributed by atoms with van der Waals surface area (Å²) >= 11 is 0. The molecule has 0 radical (unpaired) electrons. The highest BCUT2D eigenvalue weighted by atomic mass is 16.5. The Morgan fingerprint density at radius 2 is 1.65 bits per heavy atom. The van der Waals surface area contributed by atoms with E-state index in [1.165, 1.54) is 0 Å². The van der Waals surface area contributed by atoms with Crippen LogP contribution in [0.2, 0.25) is 0 Å². The van der Waals surface area contributed by atoms with Crippen LogP contribution in [0.5, 0.6) is 5.75 Å². The van der Waals surface area contributed by atoms with Gasteiger partial charge in [-0.2, -0.15) is 0 Å². The Hall–Kier alpha value is -2.53. The molecule has 0 saturated carbocycles. The van der Waals surface area contributed by atoms with E-state index in [1.54, 1.807) is 24.1 Å². The maximum absolute atomic E-state index is 12.1. The molecular weight excluding hydrogens is 292 g/mol. The highest BCUT2D eigenvalue weighted by molar-refractivity contribution is 6.05. The predicted octanol–water partition coefficient (Wildman–Crippen LogP) is 2.21. The van der Waals surface area contributed by atoms with Crippen LogP contribution in [0.1, 0.15) is 11.6 Å². The topological polar surface area (TPSA) is 53.0 Å². The minimum atomic E-state index is -0.998. The second-order valence-electron chi connectivity index (χ2n) is 5.78. The van der Waals surface area contributed by atoms with E-state index < -0.39 is 6.10 Å². The molecule has 1 heterocycles. The Balaban J connectivity index is 1.88. The third kappa shape index (κ3) is 2.64. The van der Waals surface area contributed by atoms with Crippen LogP contribution in [0.15, 0.2) is 48.5 Å². The summed E-state index contributed by atoms with van der Waals surface area (Å²) < 4.78 is 5.14. The molecule has 2 atom stereocenters. The molecule has 120 valence electrons. The zero-order valence-corrected chi connectivity index (χ0v) is 13.4. The van der Waals surface area contributed by atoms with Gasteiger partial charge in [-0.05, 0) is 42.0 Å². The number of carbonyl (C=O) groups excluding carboxylic acids is 1. The Labute approximate surface area is 135 Å². The molecule has 5 heteroatoms. The molecule has 1 N–H and O–H groups in total. The summed E-state index contributed by atoms with van der Waals surface area (Å²) in [6.07, 6.45) is -0.998. The molecule has 3 rings (SSSR count). The second-order valence-corrected chi connectivity index (χ2v) is 5.78. The van der Waals surface area contributed by atoms with E-state index in [2.05, 4.69) is 0 Å². The third-order valence-corrected chi connectivity index (χ3v) is 4.17. The van der Waals surface area contributed by atoms with Crippen molar-refractivity contribution >= 4 is 17.3 Å². The van der Waals surface area contributed by atoms with Crippen LogP contribution in [0.3, 0.4) is 0 Å². The lowest BCUT2D eigenvalue weighted by molar-refractivity contribution is -0.137. The number of rotatable bonds is 4. The number of benzene rings is 2. The summed E-state index contributed by atoms with van der Waals surface area (Å²) in [7, 11) is 5.55. The molecule has 1 saturated heterocycles. The second kappa shape index (κ2) is 5.93. The Kier molecular flexibility index (Phi) is 3.96. The molecule has 1 fully saturated rings. The van der Waals surface area contributed by atoms with Gasteiger partial charge in [0, 0.05) is 25.5 Å². The summed E-state index contributed by atoms with van der Waals surface area (Å²) in [5, 5.41) is 10.1. The lowest BCUT2D eigenvalue weighted by atomic mass is 9.90. The van der Waals surface area contributed by atoms with E-state index in [0.717, 1.165) is 22.7 Å². The predicted molar refractivity (Wildman–Crippen MR) is 90.0 cm³/mol. The van der Waals surface area contributed by atoms with Crippen molar-refractivity contribution in [2.75, 3.05) is 31.0 Å². The van der Waals surface area contributed by atoms with E-state index in [4.69, 9.17) is 4.74 Å². The van der Waals surface area contributed by atoms with E-state index in [1.807, 2.05) is 55.4 Å². The quantitative estimate of drug-likeness (QED) is 0.880. The van der Waals surface area contributed by atoms with Crippen LogP contribution in [0, 0.1) is 0 Å². The zero-order valence-electron chi connectivity index (χ0n) is 13.4. The van der Waals surface area contributed by atoms with Crippen molar-refractivity contribution in [3.8, 4) is 5.75 Å². The molecule has 0 aromatic heterocycles. The van der Waals surface area contributed by atoms with Crippen LogP contribution >= 0.6 is 0 Å². The number of hydrogen-bond donors (Lipinski definition) is 1. The highest BCUT2D eigenvalue weighted by Crippen LogP contribution is 2.39. The first-order valence-corrected chi connectivity index (χ1v) is 7.45. The summed E-state index contributed by atoms with van der Waals surface area (Å²) in [6.45, 7) is 0. The number of ether oxygens (including phenoxy) is 1. The van der Waals surface area contributed by atoms with Gasteiger partial charge in [-0.3, -0.25) is 9.69 Å². The van der Waals surface area contributed by atoms with Gasteiger partial charge in [0.15, 0.2) is 6.10 Å². The van der Waals surface area contributed by atoms with Crippen LogP contribution in [-0.4, -0.2) is 38.3 Å². The average Bonchev–Trinajstić information content (AvgIpc) is 2.59. The minimum Gasteiger partial charge on any atom is -0.497 e. The largest absolute Gasteiger partial charge is 0.497 e. The number of amides is 1. The lowest BCUT2D eigenvalue weighted by Gasteiger charge is -2.44. The fourth-order valence-electron chi connectivity index (χ4n) is 2.81. The van der Waals surface area contributed by atoms with E-state index >= 15 is 0 Å². The van der Waals surface area contributed by atoms with Gasteiger partial charge < -0.3 is 14.7 Å². The molecule has 23 heavy (non-hydrogen) atoms. The van der Waals surface area contributed by atoms with Crippen molar-refractivity contribution in [3.63, 3.8) is 0 Å². The van der Waals surface area contributed by atoms with Gasteiger partial charge in [0.2, 0.25) is 0 Å². The van der Waals surface area contributed by atoms with Crippen molar-refractivity contribution in [1.29, 1.82) is 0 Å². The number of aliphatic hydroxyl groups excluding tert-OH is 1. The van der Waals surface area contributed by atoms with Gasteiger partial charge in [0.1, 0.15) is 5.75 Å². The number of methoxy groups -OCH3 is 1. The number of carbonyl (C=O) groups is 1. The Morgan fingerprint density at radius 1 is 1.04 bits per heavy atom. The van der Waals surface area contributed by atoms with Crippen LogP contribution < -0.4 is 14.5 Å². The molecule has 1 aliphatic heterocycles. The van der Waals surface area contributed by atoms with Gasteiger partial charge in [-0.25, -0.2) is 0 Å². The van der Waals surface area contributed by atoms with Crippen molar-refractivity contribution in [1.82, 2.24) is 0 Å². The molecule has 0 spiro atoms. The smallest absolute Gasteiger partial charge is 0.259 e. The molecule has 1 aliphatic rings. The lowest BCUT2D eigenvalue weighted by Crippen LogP contribution is -2.59. The summed E-state index contributed by atoms with van der Waals surface area (Å²) in [6, 6.07) is 14.8. The first-order valence-electron chi connectivity index (χ1n) is 7.45. The number of nitrogens with zero attached hydrogens (tertiary/aromatic N) is 2. The summed E-state index contributed by atoms with van der Waals surface area (Å²) in [4.78, 5) is 15.7. The van der Waals surface area contributed by atoms with Crippen molar-refractivity contribution in [2.24, 2.45) is 0 Å². The monoisotopic (exact) mass is 312 g/mol.